The second-order valence-electron chi connectivity index (χ2n) is 5.98. The molecule has 1 aliphatic rings. The van der Waals surface area contributed by atoms with Crippen molar-refractivity contribution >= 4 is 23.9 Å². The highest BCUT2D eigenvalue weighted by Crippen LogP contribution is 2.35. The standard InChI is InChI=1S/C14H22Si2/c1-16(2,3)10-13-8-7-11-5-4-6-12(9-15)14(11)13/h4-6,8H,7,9-10H2,1-3,15H3. The second kappa shape index (κ2) is 4.34. The van der Waals surface area contributed by atoms with Crippen molar-refractivity contribution in [2.45, 2.75) is 38.2 Å². The first kappa shape index (κ1) is 11.9. The summed E-state index contributed by atoms with van der Waals surface area (Å²) in [4.78, 5) is 0. The number of rotatable bonds is 3. The van der Waals surface area contributed by atoms with Gasteiger partial charge in [-0.25, -0.2) is 0 Å². The Kier molecular flexibility index (Phi) is 3.22. The minimum absolute atomic E-state index is 0.983. The lowest BCUT2D eigenvalue weighted by Crippen LogP contribution is -2.19. The molecule has 0 amide bonds. The third kappa shape index (κ3) is 2.38. The summed E-state index contributed by atoms with van der Waals surface area (Å²) in [6, 6.07) is 9.51. The molecule has 0 nitrogen and oxygen atoms in total. The van der Waals surface area contributed by atoms with Crippen molar-refractivity contribution in [3.05, 3.63) is 41.0 Å². The quantitative estimate of drug-likeness (QED) is 0.720. The van der Waals surface area contributed by atoms with E-state index in [0.29, 0.717) is 0 Å². The van der Waals surface area contributed by atoms with Crippen LogP contribution in [0.15, 0.2) is 24.3 Å². The molecule has 0 atom stereocenters. The van der Waals surface area contributed by atoms with Crippen LogP contribution < -0.4 is 0 Å². The number of fused-ring (bicyclic) bond motifs is 1. The summed E-state index contributed by atoms with van der Waals surface area (Å²) in [7, 11) is 0.289. The van der Waals surface area contributed by atoms with Crippen LogP contribution in [0, 0.1) is 0 Å². The van der Waals surface area contributed by atoms with Crippen LogP contribution in [-0.2, 0) is 12.5 Å². The highest BCUT2D eigenvalue weighted by molar-refractivity contribution is 6.77. The summed E-state index contributed by atoms with van der Waals surface area (Å²) in [5.74, 6) is 0. The molecular weight excluding hydrogens is 224 g/mol. The summed E-state index contributed by atoms with van der Waals surface area (Å²) in [6.45, 7) is 7.40. The van der Waals surface area contributed by atoms with Gasteiger partial charge in [-0.05, 0) is 40.8 Å². The minimum Gasteiger partial charge on any atom is -0.0766 e. The van der Waals surface area contributed by atoms with Gasteiger partial charge in [-0.2, -0.15) is 0 Å². The average molecular weight is 247 g/mol. The first-order chi connectivity index (χ1) is 7.51. The Balaban J connectivity index is 2.36. The van der Waals surface area contributed by atoms with Crippen LogP contribution in [0.2, 0.25) is 25.7 Å². The molecule has 16 heavy (non-hydrogen) atoms. The van der Waals surface area contributed by atoms with Crippen molar-refractivity contribution in [1.82, 2.24) is 0 Å². The van der Waals surface area contributed by atoms with Crippen LogP contribution in [0.5, 0.6) is 0 Å². The molecule has 0 aliphatic heterocycles. The second-order valence-corrected chi connectivity index (χ2v) is 12.2. The van der Waals surface area contributed by atoms with E-state index in [9.17, 15) is 0 Å². The normalized spacial score (nSPS) is 15.1. The fourth-order valence-electron chi connectivity index (χ4n) is 2.60. The third-order valence-electron chi connectivity index (χ3n) is 3.23. The highest BCUT2D eigenvalue weighted by atomic mass is 28.3. The predicted molar refractivity (Wildman–Crippen MR) is 79.9 cm³/mol. The van der Waals surface area contributed by atoms with E-state index in [0.717, 1.165) is 0 Å². The molecule has 0 N–H and O–H groups in total. The first-order valence-corrected chi connectivity index (χ1v) is 11.4. The zero-order valence-electron chi connectivity index (χ0n) is 10.9. The molecule has 0 aromatic heterocycles. The smallest absolute Gasteiger partial charge is 0.0487 e. The number of allylic oxidation sites excluding steroid dienone is 2. The highest BCUT2D eigenvalue weighted by Gasteiger charge is 2.22. The van der Waals surface area contributed by atoms with Crippen LogP contribution in [0.1, 0.15) is 16.7 Å². The summed E-state index contributed by atoms with van der Waals surface area (Å²) in [5, 5.41) is 0. The fraction of sp³-hybridized carbons (Fsp3) is 0.429. The van der Waals surface area contributed by atoms with E-state index in [1.807, 2.05) is 0 Å². The molecular formula is C14H22Si2. The van der Waals surface area contributed by atoms with E-state index in [4.69, 9.17) is 0 Å². The minimum atomic E-state index is -0.983. The summed E-state index contributed by atoms with van der Waals surface area (Å²) in [6.07, 6.45) is 3.65. The van der Waals surface area contributed by atoms with Crippen LogP contribution >= 0.6 is 0 Å². The molecule has 2 heteroatoms. The van der Waals surface area contributed by atoms with Gasteiger partial charge in [0.25, 0.3) is 0 Å². The molecule has 0 radical (unpaired) electrons. The van der Waals surface area contributed by atoms with Crippen molar-refractivity contribution in [2.75, 3.05) is 0 Å². The molecule has 0 unspecified atom stereocenters. The van der Waals surface area contributed by atoms with E-state index in [1.165, 1.54) is 28.8 Å². The van der Waals surface area contributed by atoms with E-state index in [-0.39, 0.29) is 0 Å². The Morgan fingerprint density at radius 2 is 2.00 bits per heavy atom. The lowest BCUT2D eigenvalue weighted by atomic mass is 10.0. The lowest BCUT2D eigenvalue weighted by molar-refractivity contribution is 1.26. The van der Waals surface area contributed by atoms with Crippen molar-refractivity contribution in [1.29, 1.82) is 0 Å². The molecule has 1 aromatic carbocycles. The maximum absolute atomic E-state index is 2.48. The maximum atomic E-state index is 2.48. The van der Waals surface area contributed by atoms with Crippen LogP contribution in [-0.4, -0.2) is 18.3 Å². The number of hydrogen-bond acceptors (Lipinski definition) is 0. The number of benzene rings is 1. The van der Waals surface area contributed by atoms with Crippen molar-refractivity contribution in [3.63, 3.8) is 0 Å². The predicted octanol–water partition coefficient (Wildman–Crippen LogP) is 2.83. The van der Waals surface area contributed by atoms with Crippen LogP contribution in [0.4, 0.5) is 0 Å². The van der Waals surface area contributed by atoms with Crippen molar-refractivity contribution in [3.8, 4) is 0 Å². The molecule has 0 spiro atoms. The van der Waals surface area contributed by atoms with Gasteiger partial charge in [0, 0.05) is 18.3 Å². The van der Waals surface area contributed by atoms with Gasteiger partial charge < -0.3 is 0 Å². The molecule has 2 rings (SSSR count). The zero-order valence-corrected chi connectivity index (χ0v) is 13.9. The van der Waals surface area contributed by atoms with Gasteiger partial charge >= 0.3 is 0 Å². The van der Waals surface area contributed by atoms with Gasteiger partial charge in [0.15, 0.2) is 0 Å². The topological polar surface area (TPSA) is 0 Å². The van der Waals surface area contributed by atoms with Crippen molar-refractivity contribution in [2.24, 2.45) is 0 Å². The Hall–Kier alpha value is -0.606. The summed E-state index contributed by atoms with van der Waals surface area (Å²) >= 11 is 0. The van der Waals surface area contributed by atoms with Crippen LogP contribution in [0.25, 0.3) is 5.57 Å². The molecule has 0 fully saturated rings. The monoisotopic (exact) mass is 246 g/mol. The molecule has 0 saturated carbocycles. The largest absolute Gasteiger partial charge is 0.0766 e. The Labute approximate surface area is 103 Å². The lowest BCUT2D eigenvalue weighted by Gasteiger charge is -2.19. The van der Waals surface area contributed by atoms with Gasteiger partial charge in [0.05, 0.1) is 0 Å². The number of hydrogen-bond donors (Lipinski definition) is 0. The molecule has 0 bridgehead atoms. The molecule has 1 aliphatic carbocycles. The Morgan fingerprint density at radius 3 is 2.62 bits per heavy atom. The van der Waals surface area contributed by atoms with Gasteiger partial charge in [0.1, 0.15) is 0 Å². The van der Waals surface area contributed by atoms with E-state index in [1.54, 1.807) is 22.3 Å². The van der Waals surface area contributed by atoms with Crippen LogP contribution in [0.3, 0.4) is 0 Å². The fourth-order valence-corrected chi connectivity index (χ4v) is 4.65. The van der Waals surface area contributed by atoms with Gasteiger partial charge in [-0.15, -0.1) is 0 Å². The summed E-state index contributed by atoms with van der Waals surface area (Å²) < 4.78 is 0. The Morgan fingerprint density at radius 1 is 1.25 bits per heavy atom. The first-order valence-electron chi connectivity index (χ1n) is 6.31. The van der Waals surface area contributed by atoms with Crippen molar-refractivity contribution < 1.29 is 0 Å². The molecule has 1 aromatic rings. The molecule has 0 heterocycles. The van der Waals surface area contributed by atoms with E-state index < -0.39 is 8.07 Å². The third-order valence-corrected chi connectivity index (χ3v) is 5.43. The summed E-state index contributed by atoms with van der Waals surface area (Å²) in [5.41, 5.74) is 6.45. The van der Waals surface area contributed by atoms with Gasteiger partial charge in [0.2, 0.25) is 0 Å². The SMILES string of the molecule is C[Si](C)(C)CC1=CCc2cccc(C[SiH3])c21. The van der Waals surface area contributed by atoms with E-state index >= 15 is 0 Å². The maximum Gasteiger partial charge on any atom is 0.0487 e. The van der Waals surface area contributed by atoms with E-state index in [2.05, 4.69) is 43.9 Å². The average Bonchev–Trinajstić information content (AvgIpc) is 2.59. The molecule has 0 saturated heterocycles. The van der Waals surface area contributed by atoms with Gasteiger partial charge in [-0.1, -0.05) is 43.9 Å². The Bertz CT molecular complexity index is 425. The molecule has 86 valence electrons. The van der Waals surface area contributed by atoms with Gasteiger partial charge in [-0.3, -0.25) is 0 Å². The zero-order chi connectivity index (χ0) is 11.8.